The van der Waals surface area contributed by atoms with Crippen molar-refractivity contribution in [3.63, 3.8) is 0 Å². The highest BCUT2D eigenvalue weighted by atomic mass is 79.9. The average molecular weight is 489 g/mol. The molecule has 3 aromatic rings. The van der Waals surface area contributed by atoms with Gasteiger partial charge in [-0.15, -0.1) is 10.2 Å². The molecule has 158 valence electrons. The number of carbonyl (C=O) groups excluding carboxylic acids is 1. The topological polar surface area (TPSA) is 69.0 Å². The number of hydrogen-bond donors (Lipinski definition) is 1. The van der Waals surface area contributed by atoms with Gasteiger partial charge in [0.05, 0.1) is 5.75 Å². The summed E-state index contributed by atoms with van der Waals surface area (Å²) < 4.78 is 9.00. The quantitative estimate of drug-likeness (QED) is 0.421. The highest BCUT2D eigenvalue weighted by molar-refractivity contribution is 9.10. The van der Waals surface area contributed by atoms with Crippen molar-refractivity contribution in [2.45, 2.75) is 45.5 Å². The number of anilines is 1. The van der Waals surface area contributed by atoms with E-state index in [1.807, 2.05) is 74.7 Å². The third kappa shape index (κ3) is 5.23. The number of ether oxygens (including phenoxy) is 1. The number of carbonyl (C=O) groups is 1. The first kappa shape index (κ1) is 22.4. The van der Waals surface area contributed by atoms with Crippen molar-refractivity contribution in [2.75, 3.05) is 11.1 Å². The summed E-state index contributed by atoms with van der Waals surface area (Å²) in [6.07, 6.45) is -0.253. The van der Waals surface area contributed by atoms with E-state index in [-0.39, 0.29) is 17.8 Å². The van der Waals surface area contributed by atoms with Crippen LogP contribution in [-0.4, -0.2) is 26.4 Å². The van der Waals surface area contributed by atoms with E-state index < -0.39 is 0 Å². The van der Waals surface area contributed by atoms with Crippen LogP contribution in [0.25, 0.3) is 0 Å². The Bertz CT molecular complexity index is 1020. The number of rotatable bonds is 8. The van der Waals surface area contributed by atoms with Crippen molar-refractivity contribution >= 4 is 39.3 Å². The van der Waals surface area contributed by atoms with Gasteiger partial charge in [0.2, 0.25) is 5.91 Å². The molecular weight excluding hydrogens is 464 g/mol. The molecule has 8 heteroatoms. The minimum Gasteiger partial charge on any atom is -0.483 e. The molecule has 0 aliphatic rings. The smallest absolute Gasteiger partial charge is 0.234 e. The Morgan fingerprint density at radius 2 is 1.90 bits per heavy atom. The van der Waals surface area contributed by atoms with Gasteiger partial charge in [0, 0.05) is 16.7 Å². The van der Waals surface area contributed by atoms with Gasteiger partial charge in [-0.05, 0) is 63.1 Å². The number of amides is 1. The van der Waals surface area contributed by atoms with Crippen LogP contribution in [0.1, 0.15) is 36.9 Å². The predicted octanol–water partition coefficient (Wildman–Crippen LogP) is 5.55. The number of nitrogens with one attached hydrogen (secondary N) is 1. The zero-order valence-electron chi connectivity index (χ0n) is 17.5. The molecule has 0 fully saturated rings. The molecule has 0 saturated carbocycles. The summed E-state index contributed by atoms with van der Waals surface area (Å²) in [4.78, 5) is 12.5. The predicted molar refractivity (Wildman–Crippen MR) is 124 cm³/mol. The van der Waals surface area contributed by atoms with Gasteiger partial charge in [0.15, 0.2) is 17.1 Å². The molecule has 0 radical (unpaired) electrons. The van der Waals surface area contributed by atoms with Gasteiger partial charge in [-0.2, -0.15) is 0 Å². The molecule has 0 unspecified atom stereocenters. The Kier molecular flexibility index (Phi) is 7.55. The van der Waals surface area contributed by atoms with Crippen LogP contribution in [0.3, 0.4) is 0 Å². The number of aromatic nitrogens is 3. The Morgan fingerprint density at radius 1 is 1.17 bits per heavy atom. The molecule has 0 spiro atoms. The summed E-state index contributed by atoms with van der Waals surface area (Å²) in [6, 6.07) is 13.5. The van der Waals surface area contributed by atoms with Gasteiger partial charge in [-0.1, -0.05) is 45.9 Å². The van der Waals surface area contributed by atoms with Crippen LogP contribution in [0, 0.1) is 13.8 Å². The van der Waals surface area contributed by atoms with Crippen molar-refractivity contribution in [3.8, 4) is 5.75 Å². The number of nitrogens with zero attached hydrogens (tertiary/aromatic N) is 3. The number of benzene rings is 2. The van der Waals surface area contributed by atoms with E-state index in [1.54, 1.807) is 0 Å². The van der Waals surface area contributed by atoms with Crippen molar-refractivity contribution in [1.82, 2.24) is 14.8 Å². The lowest BCUT2D eigenvalue weighted by Gasteiger charge is -2.15. The largest absolute Gasteiger partial charge is 0.483 e. The van der Waals surface area contributed by atoms with Crippen LogP contribution in [0.2, 0.25) is 0 Å². The minimum absolute atomic E-state index is 0.0781. The summed E-state index contributed by atoms with van der Waals surface area (Å²) in [6.45, 7) is 8.69. The molecule has 1 aromatic heterocycles. The molecule has 30 heavy (non-hydrogen) atoms. The van der Waals surface area contributed by atoms with Crippen molar-refractivity contribution in [1.29, 1.82) is 0 Å². The fourth-order valence-corrected chi connectivity index (χ4v) is 4.24. The molecule has 0 saturated heterocycles. The van der Waals surface area contributed by atoms with Crippen LogP contribution in [-0.2, 0) is 11.3 Å². The van der Waals surface area contributed by atoms with Gasteiger partial charge < -0.3 is 14.6 Å². The molecule has 1 N–H and O–H groups in total. The van der Waals surface area contributed by atoms with Gasteiger partial charge >= 0.3 is 0 Å². The fraction of sp³-hybridized carbons (Fsp3) is 0.318. The number of thioether (sulfide) groups is 1. The average Bonchev–Trinajstić information content (AvgIpc) is 3.16. The maximum atomic E-state index is 12.5. The zero-order chi connectivity index (χ0) is 21.7. The Hall–Kier alpha value is -2.32. The number of hydrogen-bond acceptors (Lipinski definition) is 5. The lowest BCUT2D eigenvalue weighted by Crippen LogP contribution is -2.16. The van der Waals surface area contributed by atoms with E-state index in [2.05, 4.69) is 31.4 Å². The lowest BCUT2D eigenvalue weighted by atomic mass is 10.1. The molecule has 0 bridgehead atoms. The SMILES string of the molecule is CCn1c(SCC(=O)Nc2ccc(Br)c(C)c2C)nnc1[C@H](C)Oc1ccccc1. The summed E-state index contributed by atoms with van der Waals surface area (Å²) in [5.41, 5.74) is 2.99. The molecule has 0 aliphatic carbocycles. The Balaban J connectivity index is 1.64. The molecule has 3 rings (SSSR count). The first-order chi connectivity index (χ1) is 14.4. The van der Waals surface area contributed by atoms with Crippen LogP contribution in [0.5, 0.6) is 5.75 Å². The summed E-state index contributed by atoms with van der Waals surface area (Å²) in [5.74, 6) is 1.69. The van der Waals surface area contributed by atoms with Gasteiger partial charge in [-0.3, -0.25) is 4.79 Å². The Labute approximate surface area is 189 Å². The van der Waals surface area contributed by atoms with E-state index in [9.17, 15) is 4.79 Å². The third-order valence-corrected chi connectivity index (χ3v) is 6.63. The van der Waals surface area contributed by atoms with Gasteiger partial charge in [0.25, 0.3) is 0 Å². The molecule has 1 atom stereocenters. The monoisotopic (exact) mass is 488 g/mol. The normalized spacial score (nSPS) is 11.9. The van der Waals surface area contributed by atoms with E-state index in [0.717, 1.165) is 32.9 Å². The van der Waals surface area contributed by atoms with E-state index in [0.29, 0.717) is 11.7 Å². The van der Waals surface area contributed by atoms with Crippen molar-refractivity contribution < 1.29 is 9.53 Å². The van der Waals surface area contributed by atoms with Gasteiger partial charge in [0.1, 0.15) is 5.75 Å². The second-order valence-corrected chi connectivity index (χ2v) is 8.64. The molecule has 6 nitrogen and oxygen atoms in total. The maximum absolute atomic E-state index is 12.5. The lowest BCUT2D eigenvalue weighted by molar-refractivity contribution is -0.113. The third-order valence-electron chi connectivity index (χ3n) is 4.81. The molecule has 0 aliphatic heterocycles. The van der Waals surface area contributed by atoms with Crippen molar-refractivity contribution in [2.24, 2.45) is 0 Å². The fourth-order valence-electron chi connectivity index (χ4n) is 3.00. The zero-order valence-corrected chi connectivity index (χ0v) is 19.9. The minimum atomic E-state index is -0.253. The van der Waals surface area contributed by atoms with E-state index in [1.165, 1.54) is 11.8 Å². The van der Waals surface area contributed by atoms with Crippen molar-refractivity contribution in [3.05, 3.63) is 63.9 Å². The van der Waals surface area contributed by atoms with Crippen LogP contribution >= 0.6 is 27.7 Å². The summed E-state index contributed by atoms with van der Waals surface area (Å²) in [7, 11) is 0. The molecule has 1 amide bonds. The molecule has 1 heterocycles. The van der Waals surface area contributed by atoms with E-state index >= 15 is 0 Å². The maximum Gasteiger partial charge on any atom is 0.234 e. The molecular formula is C22H25BrN4O2S. The first-order valence-electron chi connectivity index (χ1n) is 9.73. The molecule has 2 aromatic carbocycles. The number of para-hydroxylation sites is 1. The first-order valence-corrected chi connectivity index (χ1v) is 11.5. The number of halogens is 1. The second-order valence-electron chi connectivity index (χ2n) is 6.84. The second kappa shape index (κ2) is 10.1. The highest BCUT2D eigenvalue weighted by Gasteiger charge is 2.19. The standard InChI is InChI=1S/C22H25BrN4O2S/c1-5-27-21(16(4)29-17-9-7-6-8-10-17)25-26-22(27)30-13-20(28)24-19-12-11-18(23)14(2)15(19)3/h6-12,16H,5,13H2,1-4H3,(H,24,28)/t16-/m0/s1. The van der Waals surface area contributed by atoms with Crippen LogP contribution < -0.4 is 10.1 Å². The summed E-state index contributed by atoms with van der Waals surface area (Å²) in [5, 5.41) is 12.3. The van der Waals surface area contributed by atoms with E-state index in [4.69, 9.17) is 4.74 Å². The summed E-state index contributed by atoms with van der Waals surface area (Å²) >= 11 is 4.88. The van der Waals surface area contributed by atoms with Crippen LogP contribution in [0.15, 0.2) is 52.1 Å². The Morgan fingerprint density at radius 3 is 2.60 bits per heavy atom. The van der Waals surface area contributed by atoms with Crippen LogP contribution in [0.4, 0.5) is 5.69 Å². The van der Waals surface area contributed by atoms with Gasteiger partial charge in [-0.25, -0.2) is 0 Å². The highest BCUT2D eigenvalue weighted by Crippen LogP contribution is 2.27.